The van der Waals surface area contributed by atoms with E-state index in [0.717, 1.165) is 12.8 Å². The third-order valence-corrected chi connectivity index (χ3v) is 3.49. The molecule has 0 aromatic heterocycles. The Balaban J connectivity index is 2.45. The van der Waals surface area contributed by atoms with Crippen LogP contribution in [0.3, 0.4) is 0 Å². The van der Waals surface area contributed by atoms with Crippen molar-refractivity contribution in [1.29, 1.82) is 0 Å². The Hall–Kier alpha value is -0.680. The summed E-state index contributed by atoms with van der Waals surface area (Å²) in [6.07, 6.45) is 3.37. The molecule has 0 heterocycles. The van der Waals surface area contributed by atoms with Crippen molar-refractivity contribution in [2.45, 2.75) is 53.0 Å². The summed E-state index contributed by atoms with van der Waals surface area (Å²) in [6, 6.07) is 0.187. The normalized spacial score (nSPS) is 25.9. The van der Waals surface area contributed by atoms with Crippen molar-refractivity contribution < 1.29 is 4.74 Å². The zero-order chi connectivity index (χ0) is 14.5. The van der Waals surface area contributed by atoms with Crippen LogP contribution in [0.5, 0.6) is 0 Å². The maximum atomic E-state index is 5.21. The van der Waals surface area contributed by atoms with Crippen LogP contribution in [0.25, 0.3) is 0 Å². The number of hydrogen-bond acceptors (Lipinski definition) is 3. The molecule has 0 aromatic carbocycles. The summed E-state index contributed by atoms with van der Waals surface area (Å²) in [5.74, 6) is 0.693. The van der Waals surface area contributed by atoms with E-state index in [9.17, 15) is 0 Å². The molecule has 5 heteroatoms. The number of hydrogen-bond donors (Lipinski definition) is 2. The molecule has 1 fully saturated rings. The van der Waals surface area contributed by atoms with Gasteiger partial charge in [0.05, 0.1) is 6.61 Å². The monoisotopic (exact) mass is 285 g/mol. The second kappa shape index (κ2) is 7.20. The molecule has 0 spiro atoms. The molecule has 2 N–H and O–H groups in total. The predicted octanol–water partition coefficient (Wildman–Crippen LogP) is 2.69. The van der Waals surface area contributed by atoms with Gasteiger partial charge in [-0.05, 0) is 49.7 Å². The van der Waals surface area contributed by atoms with Crippen LogP contribution in [0.15, 0.2) is 5.10 Å². The van der Waals surface area contributed by atoms with Gasteiger partial charge in [-0.1, -0.05) is 20.8 Å². The quantitative estimate of drug-likeness (QED) is 0.616. The molecule has 1 rings (SSSR count). The van der Waals surface area contributed by atoms with Crippen LogP contribution < -0.4 is 10.7 Å². The lowest BCUT2D eigenvalue weighted by atomic mass is 9.72. The molecule has 0 aromatic rings. The van der Waals surface area contributed by atoms with Crippen molar-refractivity contribution in [3.8, 4) is 0 Å². The van der Waals surface area contributed by atoms with Gasteiger partial charge in [-0.2, -0.15) is 5.10 Å². The number of nitrogens with one attached hydrogen (secondary N) is 2. The van der Waals surface area contributed by atoms with E-state index in [-0.39, 0.29) is 6.04 Å². The fourth-order valence-corrected chi connectivity index (χ4v) is 3.12. The first-order chi connectivity index (χ1) is 8.82. The molecular formula is C14H27N3OS. The number of rotatable bonds is 4. The second-order valence-electron chi connectivity index (χ2n) is 6.47. The summed E-state index contributed by atoms with van der Waals surface area (Å²) in [7, 11) is 1.68. The zero-order valence-electron chi connectivity index (χ0n) is 12.7. The lowest BCUT2D eigenvalue weighted by molar-refractivity contribution is 0.179. The number of methoxy groups -OCH3 is 1. The highest BCUT2D eigenvalue weighted by atomic mass is 32.1. The molecule has 1 saturated carbocycles. The van der Waals surface area contributed by atoms with E-state index in [1.165, 1.54) is 12.1 Å². The van der Waals surface area contributed by atoms with E-state index in [4.69, 9.17) is 17.0 Å². The Labute approximate surface area is 122 Å². The lowest BCUT2D eigenvalue weighted by Crippen LogP contribution is -2.41. The number of ether oxygens (including phenoxy) is 1. The van der Waals surface area contributed by atoms with E-state index < -0.39 is 0 Å². The van der Waals surface area contributed by atoms with Gasteiger partial charge >= 0.3 is 0 Å². The molecule has 110 valence electrons. The summed E-state index contributed by atoms with van der Waals surface area (Å²) < 4.78 is 5.05. The molecule has 2 atom stereocenters. The largest absolute Gasteiger partial charge is 0.383 e. The standard InChI is InChI=1S/C14H27N3OS/c1-10-6-12(8-14(3,4)7-10)16-17-13(19)15-11(2)9-18-5/h10-11H,6-9H2,1-5H3,(H2,15,17,19)/b16-12-/t10-,11-/m1/s1. The molecule has 4 nitrogen and oxygen atoms in total. The lowest BCUT2D eigenvalue weighted by Gasteiger charge is -2.34. The predicted molar refractivity (Wildman–Crippen MR) is 84.4 cm³/mol. The van der Waals surface area contributed by atoms with Crippen molar-refractivity contribution in [2.75, 3.05) is 13.7 Å². The second-order valence-corrected chi connectivity index (χ2v) is 6.88. The molecule has 0 radical (unpaired) electrons. The van der Waals surface area contributed by atoms with Crippen molar-refractivity contribution in [3.63, 3.8) is 0 Å². The Morgan fingerprint density at radius 2 is 2.26 bits per heavy atom. The van der Waals surface area contributed by atoms with Crippen LogP contribution in [0, 0.1) is 11.3 Å². The zero-order valence-corrected chi connectivity index (χ0v) is 13.6. The maximum absolute atomic E-state index is 5.21. The molecule has 0 saturated heterocycles. The van der Waals surface area contributed by atoms with Crippen LogP contribution in [0.1, 0.15) is 47.0 Å². The maximum Gasteiger partial charge on any atom is 0.187 e. The van der Waals surface area contributed by atoms with Gasteiger partial charge in [-0.15, -0.1) is 0 Å². The van der Waals surface area contributed by atoms with Gasteiger partial charge in [0, 0.05) is 18.9 Å². The van der Waals surface area contributed by atoms with Gasteiger partial charge in [0.15, 0.2) is 5.11 Å². The topological polar surface area (TPSA) is 45.6 Å². The van der Waals surface area contributed by atoms with Crippen LogP contribution in [-0.2, 0) is 4.74 Å². The van der Waals surface area contributed by atoms with Crippen molar-refractivity contribution in [3.05, 3.63) is 0 Å². The first kappa shape index (κ1) is 16.4. The number of hydrazone groups is 1. The SMILES string of the molecule is COC[C@@H](C)NC(=S)N/N=C1/C[C@@H](C)CC(C)(C)C1. The van der Waals surface area contributed by atoms with Gasteiger partial charge < -0.3 is 10.1 Å². The number of nitrogens with zero attached hydrogens (tertiary/aromatic N) is 1. The fraction of sp³-hybridized carbons (Fsp3) is 0.857. The third kappa shape index (κ3) is 6.34. The molecule has 1 aliphatic carbocycles. The van der Waals surface area contributed by atoms with Crippen LogP contribution in [-0.4, -0.2) is 30.6 Å². The van der Waals surface area contributed by atoms with E-state index in [0.29, 0.717) is 23.1 Å². The van der Waals surface area contributed by atoms with Crippen LogP contribution >= 0.6 is 12.2 Å². The first-order valence-electron chi connectivity index (χ1n) is 6.93. The summed E-state index contributed by atoms with van der Waals surface area (Å²) in [6.45, 7) is 9.54. The average molecular weight is 285 g/mol. The van der Waals surface area contributed by atoms with Crippen LogP contribution in [0.2, 0.25) is 0 Å². The Kier molecular flexibility index (Phi) is 6.20. The first-order valence-corrected chi connectivity index (χ1v) is 7.34. The molecule has 0 amide bonds. The molecular weight excluding hydrogens is 258 g/mol. The van der Waals surface area contributed by atoms with Crippen molar-refractivity contribution >= 4 is 23.0 Å². The molecule has 19 heavy (non-hydrogen) atoms. The Morgan fingerprint density at radius 3 is 2.84 bits per heavy atom. The van der Waals surface area contributed by atoms with Crippen molar-refractivity contribution in [1.82, 2.24) is 10.7 Å². The summed E-state index contributed by atoms with van der Waals surface area (Å²) in [5.41, 5.74) is 4.51. The Bertz CT molecular complexity index is 342. The van der Waals surface area contributed by atoms with Gasteiger partial charge in [-0.25, -0.2) is 0 Å². The highest BCUT2D eigenvalue weighted by Gasteiger charge is 2.29. The summed E-state index contributed by atoms with van der Waals surface area (Å²) in [4.78, 5) is 0. The van der Waals surface area contributed by atoms with Gasteiger partial charge in [0.1, 0.15) is 0 Å². The van der Waals surface area contributed by atoms with Crippen LogP contribution in [0.4, 0.5) is 0 Å². The minimum absolute atomic E-state index is 0.187. The summed E-state index contributed by atoms with van der Waals surface area (Å²) >= 11 is 5.21. The smallest absolute Gasteiger partial charge is 0.187 e. The van der Waals surface area contributed by atoms with Crippen molar-refractivity contribution in [2.24, 2.45) is 16.4 Å². The molecule has 0 unspecified atom stereocenters. The highest BCUT2D eigenvalue weighted by molar-refractivity contribution is 7.80. The Morgan fingerprint density at radius 1 is 1.58 bits per heavy atom. The number of thiocarbonyl (C=S) groups is 1. The average Bonchev–Trinajstić information content (AvgIpc) is 2.23. The minimum Gasteiger partial charge on any atom is -0.383 e. The molecule has 0 aliphatic heterocycles. The van der Waals surface area contributed by atoms with Gasteiger partial charge in [-0.3, -0.25) is 5.43 Å². The van der Waals surface area contributed by atoms with Gasteiger partial charge in [0.25, 0.3) is 0 Å². The van der Waals surface area contributed by atoms with E-state index in [2.05, 4.69) is 36.6 Å². The fourth-order valence-electron chi connectivity index (χ4n) is 2.88. The van der Waals surface area contributed by atoms with E-state index >= 15 is 0 Å². The summed E-state index contributed by atoms with van der Waals surface area (Å²) in [5, 5.41) is 8.17. The van der Waals surface area contributed by atoms with Gasteiger partial charge in [0.2, 0.25) is 0 Å². The highest BCUT2D eigenvalue weighted by Crippen LogP contribution is 2.36. The third-order valence-electron chi connectivity index (χ3n) is 3.28. The minimum atomic E-state index is 0.187. The van der Waals surface area contributed by atoms with E-state index in [1.54, 1.807) is 7.11 Å². The molecule has 0 bridgehead atoms. The van der Waals surface area contributed by atoms with E-state index in [1.807, 2.05) is 6.92 Å². The molecule has 1 aliphatic rings.